The highest BCUT2D eigenvalue weighted by Gasteiger charge is 2.52. The molecule has 3 fully saturated rings. The lowest BCUT2D eigenvalue weighted by molar-refractivity contribution is -0.138. The zero-order chi connectivity index (χ0) is 50.9. The fourth-order valence-electron chi connectivity index (χ4n) is 7.84. The summed E-state index contributed by atoms with van der Waals surface area (Å²) in [5.74, 6) is 1.36. The predicted molar refractivity (Wildman–Crippen MR) is 250 cm³/mol. The molecule has 0 spiro atoms. The number of aryl methyl sites for hydroxylation is 4. The van der Waals surface area contributed by atoms with Crippen LogP contribution in [-0.4, -0.2) is 112 Å². The van der Waals surface area contributed by atoms with Gasteiger partial charge in [0.05, 0.1) is 68.3 Å². The number of nitrogens with one attached hydrogen (secondary N) is 2. The second-order valence-electron chi connectivity index (χ2n) is 18.7. The Kier molecular flexibility index (Phi) is 15.3. The van der Waals surface area contributed by atoms with E-state index >= 15 is 0 Å². The standard InChI is InChI=1S/C20H22F3N5O2.C19H27BN4O4.C6H6BrF3N2/c1-12(14-7-19(29)24-8-14)30-18-6-13(5-17-16(18)11-27(2)26-17)15-9-25-28(10-15)4-3-20(21,22)23;1-11(12-7-16(25)21-9-12)26-17-13-10-24(6)23-14(13)8-15(22-17)20-27-18(2,3)19(4,5)28-20;7-5-3-11-12(4-5)2-1-6(8,9)10/h5-6,9-12,14H,3-4,7-8H2,1-2H3,(H,24,29);8,10-12H,7,9H2,1-6H3,(H,21,25);3-4H,1-2H2/t12-,14-;11-,12-;/m11./s1. The van der Waals surface area contributed by atoms with E-state index in [9.17, 15) is 35.9 Å². The molecule has 378 valence electrons. The number of benzene rings is 1. The van der Waals surface area contributed by atoms with Gasteiger partial charge < -0.3 is 29.4 Å². The number of nitrogens with zero attached hydrogens (tertiary/aromatic N) is 9. The maximum absolute atomic E-state index is 12.5. The quantitative estimate of drug-likeness (QED) is 0.0947. The number of hydrogen-bond donors (Lipinski definition) is 2. The van der Waals surface area contributed by atoms with E-state index in [2.05, 4.69) is 47.0 Å². The molecule has 3 saturated heterocycles. The highest BCUT2D eigenvalue weighted by molar-refractivity contribution is 9.10. The molecule has 2 amide bonds. The molecular weight excluding hydrogens is 995 g/mol. The Hall–Kier alpha value is -5.69. The minimum absolute atomic E-state index is 0.0157. The number of alkyl halides is 6. The van der Waals surface area contributed by atoms with Crippen LogP contribution in [0.1, 0.15) is 67.2 Å². The summed E-state index contributed by atoms with van der Waals surface area (Å²) in [4.78, 5) is 27.8. The predicted octanol–water partition coefficient (Wildman–Crippen LogP) is 7.06. The maximum Gasteiger partial charge on any atom is 0.514 e. The number of ether oxygens (including phenoxy) is 2. The molecule has 0 bridgehead atoms. The molecule has 1 aromatic carbocycles. The van der Waals surface area contributed by atoms with Crippen LogP contribution in [0.2, 0.25) is 0 Å². The molecule has 70 heavy (non-hydrogen) atoms. The first kappa shape index (κ1) is 52.1. The van der Waals surface area contributed by atoms with Crippen molar-refractivity contribution in [2.45, 2.75) is 116 Å². The summed E-state index contributed by atoms with van der Waals surface area (Å²) in [6, 6.07) is 5.59. The van der Waals surface area contributed by atoms with Crippen molar-refractivity contribution in [1.29, 1.82) is 0 Å². The van der Waals surface area contributed by atoms with Gasteiger partial charge in [0.1, 0.15) is 18.0 Å². The summed E-state index contributed by atoms with van der Waals surface area (Å²) in [7, 11) is 3.08. The van der Waals surface area contributed by atoms with Gasteiger partial charge in [0, 0.05) is 95.3 Å². The van der Waals surface area contributed by atoms with Crippen molar-refractivity contribution in [3.63, 3.8) is 0 Å². The van der Waals surface area contributed by atoms with E-state index in [0.717, 1.165) is 21.9 Å². The molecule has 5 aromatic heterocycles. The lowest BCUT2D eigenvalue weighted by atomic mass is 9.84. The summed E-state index contributed by atoms with van der Waals surface area (Å²) in [6.07, 6.45) is 0.220. The van der Waals surface area contributed by atoms with Crippen LogP contribution in [0.15, 0.2) is 59.9 Å². The zero-order valence-corrected chi connectivity index (χ0v) is 41.4. The summed E-state index contributed by atoms with van der Waals surface area (Å²) in [5, 5.41) is 24.0. The molecule has 9 rings (SSSR count). The number of pyridine rings is 1. The van der Waals surface area contributed by atoms with Gasteiger partial charge in [-0.25, -0.2) is 4.98 Å². The maximum atomic E-state index is 12.5. The Morgan fingerprint density at radius 3 is 1.77 bits per heavy atom. The highest BCUT2D eigenvalue weighted by atomic mass is 79.9. The minimum Gasteiger partial charge on any atom is -0.490 e. The van der Waals surface area contributed by atoms with Crippen LogP contribution in [0.3, 0.4) is 0 Å². The minimum atomic E-state index is -4.23. The van der Waals surface area contributed by atoms with E-state index in [4.69, 9.17) is 23.8 Å². The number of amides is 2. The Morgan fingerprint density at radius 1 is 0.743 bits per heavy atom. The van der Waals surface area contributed by atoms with Crippen molar-refractivity contribution >= 4 is 62.3 Å². The summed E-state index contributed by atoms with van der Waals surface area (Å²) < 4.78 is 104. The van der Waals surface area contributed by atoms with Crippen LogP contribution >= 0.6 is 15.9 Å². The number of hydrogen-bond acceptors (Lipinski definition) is 11. The van der Waals surface area contributed by atoms with Gasteiger partial charge in [0.15, 0.2) is 0 Å². The highest BCUT2D eigenvalue weighted by Crippen LogP contribution is 2.38. The van der Waals surface area contributed by atoms with Crippen LogP contribution in [0, 0.1) is 11.8 Å². The van der Waals surface area contributed by atoms with E-state index in [-0.39, 0.29) is 48.9 Å². The molecule has 0 radical (unpaired) electrons. The Bertz CT molecular complexity index is 2790. The number of carbonyl (C=O) groups excluding carboxylic acids is 2. The third-order valence-corrected chi connectivity index (χ3v) is 13.0. The molecule has 3 aliphatic heterocycles. The molecule has 0 saturated carbocycles. The summed E-state index contributed by atoms with van der Waals surface area (Å²) in [5.41, 5.74) is 2.63. The lowest BCUT2D eigenvalue weighted by Gasteiger charge is -2.32. The van der Waals surface area contributed by atoms with Crippen LogP contribution in [0.25, 0.3) is 32.9 Å². The smallest absolute Gasteiger partial charge is 0.490 e. The van der Waals surface area contributed by atoms with Crippen LogP contribution < -0.4 is 25.7 Å². The fourth-order valence-corrected chi connectivity index (χ4v) is 8.17. The van der Waals surface area contributed by atoms with Crippen molar-refractivity contribution in [2.75, 3.05) is 13.1 Å². The van der Waals surface area contributed by atoms with E-state index in [1.807, 2.05) is 86.2 Å². The third-order valence-electron chi connectivity index (χ3n) is 12.6. The molecule has 2 N–H and O–H groups in total. The van der Waals surface area contributed by atoms with Crippen molar-refractivity contribution < 1.29 is 54.7 Å². The van der Waals surface area contributed by atoms with Gasteiger partial charge in [0.25, 0.3) is 0 Å². The van der Waals surface area contributed by atoms with Gasteiger partial charge in [-0.05, 0) is 81.2 Å². The number of halogens is 7. The average Bonchev–Trinajstić information content (AvgIpc) is 4.13. The normalized spacial score (nSPS) is 19.6. The Balaban J connectivity index is 0.000000168. The molecule has 17 nitrogen and oxygen atoms in total. The molecular formula is C45H55BBrF6N11O6. The van der Waals surface area contributed by atoms with E-state index in [0.29, 0.717) is 58.7 Å². The van der Waals surface area contributed by atoms with Gasteiger partial charge in [-0.1, -0.05) is 0 Å². The van der Waals surface area contributed by atoms with Gasteiger partial charge in [-0.15, -0.1) is 0 Å². The Morgan fingerprint density at radius 2 is 1.26 bits per heavy atom. The monoisotopic (exact) mass is 1050 g/mol. The lowest BCUT2D eigenvalue weighted by Crippen LogP contribution is -2.41. The fraction of sp³-hybridized carbons (Fsp3) is 0.533. The second-order valence-corrected chi connectivity index (χ2v) is 19.6. The van der Waals surface area contributed by atoms with Crippen LogP contribution in [0.4, 0.5) is 26.3 Å². The van der Waals surface area contributed by atoms with Crippen LogP contribution in [-0.2, 0) is 46.1 Å². The van der Waals surface area contributed by atoms with E-state index in [1.54, 1.807) is 15.6 Å². The topological polar surface area (TPSA) is 179 Å². The van der Waals surface area contributed by atoms with E-state index < -0.39 is 43.5 Å². The van der Waals surface area contributed by atoms with E-state index in [1.165, 1.54) is 28.0 Å². The van der Waals surface area contributed by atoms with Crippen LogP contribution in [0.5, 0.6) is 11.6 Å². The number of aromatic nitrogens is 9. The molecule has 0 unspecified atom stereocenters. The molecule has 4 atom stereocenters. The largest absolute Gasteiger partial charge is 0.514 e. The van der Waals surface area contributed by atoms with Gasteiger partial charge in [0.2, 0.25) is 17.7 Å². The zero-order valence-electron chi connectivity index (χ0n) is 39.9. The van der Waals surface area contributed by atoms with Gasteiger partial charge >= 0.3 is 19.5 Å². The molecule has 6 aromatic rings. The first-order chi connectivity index (χ1) is 32.7. The third kappa shape index (κ3) is 13.2. The average molecular weight is 1050 g/mol. The van der Waals surface area contributed by atoms with Crippen molar-refractivity contribution in [3.05, 3.63) is 59.9 Å². The molecule has 25 heteroatoms. The molecule has 8 heterocycles. The van der Waals surface area contributed by atoms with Gasteiger partial charge in [-0.3, -0.25) is 28.3 Å². The number of rotatable bonds is 12. The van der Waals surface area contributed by atoms with Crippen molar-refractivity contribution in [3.8, 4) is 22.8 Å². The number of fused-ring (bicyclic) bond motifs is 2. The van der Waals surface area contributed by atoms with Crippen molar-refractivity contribution in [1.82, 2.24) is 54.7 Å². The number of carbonyl (C=O) groups is 2. The second kappa shape index (κ2) is 20.6. The molecule has 3 aliphatic rings. The summed E-state index contributed by atoms with van der Waals surface area (Å²) in [6.45, 7) is 12.8. The van der Waals surface area contributed by atoms with Crippen molar-refractivity contribution in [2.24, 2.45) is 25.9 Å². The SMILES string of the molecule is C[C@@H](Oc1cc(-c2cnn(CCC(F)(F)F)c2)cc2nn(C)cc12)[C@H]1CNC(=O)C1.C[C@@H](Oc1nc(B2OC(C)(C)C(C)(C)O2)cc2nn(C)cc12)[C@H]1CNC(=O)C1.FC(F)(F)CCn1cc(Br)cn1. The first-order valence-electron chi connectivity index (χ1n) is 22.6. The molecule has 0 aliphatic carbocycles. The Labute approximate surface area is 408 Å². The van der Waals surface area contributed by atoms with Gasteiger partial charge in [-0.2, -0.15) is 46.7 Å². The summed E-state index contributed by atoms with van der Waals surface area (Å²) >= 11 is 3.09. The first-order valence-corrected chi connectivity index (χ1v) is 23.4.